The van der Waals surface area contributed by atoms with Gasteiger partial charge in [-0.3, -0.25) is 14.9 Å². The van der Waals surface area contributed by atoms with Crippen molar-refractivity contribution in [3.05, 3.63) is 34.9 Å². The summed E-state index contributed by atoms with van der Waals surface area (Å²) in [6, 6.07) is -0.488. The minimum Gasteiger partial charge on any atom is -0.377 e. The molecule has 1 unspecified atom stereocenters. The fraction of sp³-hybridized carbons (Fsp3) is 0.467. The van der Waals surface area contributed by atoms with Crippen LogP contribution in [0.25, 0.3) is 0 Å². The first-order valence-corrected chi connectivity index (χ1v) is 7.48. The summed E-state index contributed by atoms with van der Waals surface area (Å²) < 4.78 is 14.3. The number of hydrogen-bond donors (Lipinski definition) is 4. The highest BCUT2D eigenvalue weighted by atomic mass is 19.1. The average Bonchev–Trinajstić information content (AvgIpc) is 2.51. The van der Waals surface area contributed by atoms with Crippen molar-refractivity contribution >= 4 is 11.8 Å². The Morgan fingerprint density at radius 3 is 2.82 bits per heavy atom. The number of hydrogen-bond acceptors (Lipinski definition) is 5. The number of dihydropyridines is 1. The topological polar surface area (TPSA) is 82.3 Å². The van der Waals surface area contributed by atoms with E-state index in [0.29, 0.717) is 30.8 Å². The van der Waals surface area contributed by atoms with E-state index in [1.807, 2.05) is 6.08 Å². The first-order chi connectivity index (χ1) is 10.6. The number of amides is 2. The molecule has 4 N–H and O–H groups in total. The Morgan fingerprint density at radius 1 is 1.27 bits per heavy atom. The molecule has 3 rings (SSSR count). The van der Waals surface area contributed by atoms with Gasteiger partial charge in [-0.15, -0.1) is 0 Å². The third-order valence-corrected chi connectivity index (χ3v) is 3.98. The van der Waals surface area contributed by atoms with Crippen molar-refractivity contribution in [1.82, 2.24) is 21.3 Å². The summed E-state index contributed by atoms with van der Waals surface area (Å²) in [6.07, 6.45) is 4.93. The maximum atomic E-state index is 14.3. The summed E-state index contributed by atoms with van der Waals surface area (Å²) in [5.41, 5.74) is 2.13. The molecule has 0 radical (unpaired) electrons. The van der Waals surface area contributed by atoms with E-state index in [9.17, 15) is 14.0 Å². The van der Waals surface area contributed by atoms with Crippen LogP contribution in [0.2, 0.25) is 0 Å². The number of carbonyl (C=O) groups is 2. The molecule has 118 valence electrons. The van der Waals surface area contributed by atoms with E-state index >= 15 is 0 Å². The lowest BCUT2D eigenvalue weighted by Crippen LogP contribution is -2.51. The van der Waals surface area contributed by atoms with Gasteiger partial charge in [-0.2, -0.15) is 0 Å². The van der Waals surface area contributed by atoms with E-state index in [1.165, 1.54) is 6.08 Å². The lowest BCUT2D eigenvalue weighted by Gasteiger charge is -2.27. The molecule has 0 spiro atoms. The molecule has 3 aliphatic heterocycles. The number of piperidine rings is 1. The molecule has 1 fully saturated rings. The van der Waals surface area contributed by atoms with Crippen LogP contribution in [0.3, 0.4) is 0 Å². The molecule has 0 bridgehead atoms. The third kappa shape index (κ3) is 3.19. The quantitative estimate of drug-likeness (QED) is 0.551. The standard InChI is InChI=1S/C15H19FN4O2/c16-11-7-10(19-12-1-2-13(21)20-15(12)22)8-18-14(11)9-3-5-17-6-4-9/h3,7,12,17-19H,1-2,4-6,8H2,(H,20,21,22). The van der Waals surface area contributed by atoms with E-state index in [2.05, 4.69) is 21.3 Å². The second-order valence-corrected chi connectivity index (χ2v) is 5.58. The van der Waals surface area contributed by atoms with E-state index < -0.39 is 6.04 Å². The Hall–Kier alpha value is -2.15. The highest BCUT2D eigenvalue weighted by molar-refractivity contribution is 6.00. The average molecular weight is 306 g/mol. The predicted octanol–water partition coefficient (Wildman–Crippen LogP) is -0.0309. The van der Waals surface area contributed by atoms with Crippen molar-refractivity contribution in [3.8, 4) is 0 Å². The SMILES string of the molecule is O=C1CCC(NC2=CC(F)=C(C3=CCNCC3)NC2)C(=O)N1. The maximum absolute atomic E-state index is 14.3. The molecule has 0 aromatic heterocycles. The number of allylic oxidation sites excluding steroid dienone is 3. The van der Waals surface area contributed by atoms with Crippen LogP contribution in [0.15, 0.2) is 34.9 Å². The van der Waals surface area contributed by atoms with Gasteiger partial charge in [0.05, 0.1) is 12.2 Å². The van der Waals surface area contributed by atoms with Crippen LogP contribution in [0.4, 0.5) is 4.39 Å². The number of nitrogens with one attached hydrogen (secondary N) is 4. The van der Waals surface area contributed by atoms with Crippen molar-refractivity contribution < 1.29 is 14.0 Å². The van der Waals surface area contributed by atoms with Gasteiger partial charge in [-0.25, -0.2) is 4.39 Å². The van der Waals surface area contributed by atoms with E-state index in [4.69, 9.17) is 0 Å². The van der Waals surface area contributed by atoms with Crippen molar-refractivity contribution in [2.45, 2.75) is 25.3 Å². The Labute approximate surface area is 127 Å². The van der Waals surface area contributed by atoms with Crippen LogP contribution in [0.5, 0.6) is 0 Å². The van der Waals surface area contributed by atoms with Gasteiger partial charge in [0.2, 0.25) is 11.8 Å². The van der Waals surface area contributed by atoms with Gasteiger partial charge >= 0.3 is 0 Å². The van der Waals surface area contributed by atoms with Crippen LogP contribution in [0, 0.1) is 0 Å². The Kier molecular flexibility index (Phi) is 4.24. The van der Waals surface area contributed by atoms with E-state index in [0.717, 1.165) is 25.1 Å². The van der Waals surface area contributed by atoms with Crippen LogP contribution in [-0.2, 0) is 9.59 Å². The summed E-state index contributed by atoms with van der Waals surface area (Å²) in [7, 11) is 0. The first-order valence-electron chi connectivity index (χ1n) is 7.48. The molecule has 0 saturated carbocycles. The molecule has 7 heteroatoms. The zero-order chi connectivity index (χ0) is 15.5. The van der Waals surface area contributed by atoms with Gasteiger partial charge in [0.25, 0.3) is 0 Å². The maximum Gasteiger partial charge on any atom is 0.249 e. The fourth-order valence-electron chi connectivity index (χ4n) is 2.81. The fourth-order valence-corrected chi connectivity index (χ4v) is 2.81. The Bertz CT molecular complexity index is 594. The predicted molar refractivity (Wildman–Crippen MR) is 79.1 cm³/mol. The van der Waals surface area contributed by atoms with Gasteiger partial charge in [0, 0.05) is 18.7 Å². The summed E-state index contributed by atoms with van der Waals surface area (Å²) in [5.74, 6) is -0.937. The third-order valence-electron chi connectivity index (χ3n) is 3.98. The number of carbonyl (C=O) groups excluding carboxylic acids is 2. The minimum atomic E-state index is -0.488. The Balaban J connectivity index is 1.69. The van der Waals surface area contributed by atoms with Gasteiger partial charge in [-0.1, -0.05) is 6.08 Å². The lowest BCUT2D eigenvalue weighted by molar-refractivity contribution is -0.134. The van der Waals surface area contributed by atoms with Crippen molar-refractivity contribution in [2.24, 2.45) is 0 Å². The van der Waals surface area contributed by atoms with Crippen LogP contribution in [-0.4, -0.2) is 37.5 Å². The highest BCUT2D eigenvalue weighted by Crippen LogP contribution is 2.23. The summed E-state index contributed by atoms with van der Waals surface area (Å²) in [4.78, 5) is 22.8. The lowest BCUT2D eigenvalue weighted by atomic mass is 10.0. The monoisotopic (exact) mass is 306 g/mol. The Morgan fingerprint density at radius 2 is 2.14 bits per heavy atom. The molecule has 6 nitrogen and oxygen atoms in total. The summed E-state index contributed by atoms with van der Waals surface area (Å²) in [5, 5.41) is 11.6. The molecule has 2 amide bonds. The molecular formula is C15H19FN4O2. The zero-order valence-electron chi connectivity index (χ0n) is 12.2. The molecule has 1 saturated heterocycles. The van der Waals surface area contributed by atoms with Gasteiger partial charge < -0.3 is 16.0 Å². The van der Waals surface area contributed by atoms with Crippen molar-refractivity contribution in [3.63, 3.8) is 0 Å². The molecule has 3 aliphatic rings. The zero-order valence-corrected chi connectivity index (χ0v) is 12.2. The summed E-state index contributed by atoms with van der Waals surface area (Å²) in [6.45, 7) is 2.03. The van der Waals surface area contributed by atoms with Crippen LogP contribution >= 0.6 is 0 Å². The number of imide groups is 1. The largest absolute Gasteiger partial charge is 0.377 e. The van der Waals surface area contributed by atoms with E-state index in [1.54, 1.807) is 0 Å². The van der Waals surface area contributed by atoms with Gasteiger partial charge in [-0.05, 0) is 31.0 Å². The molecule has 22 heavy (non-hydrogen) atoms. The van der Waals surface area contributed by atoms with Crippen molar-refractivity contribution in [2.75, 3.05) is 19.6 Å². The minimum absolute atomic E-state index is 0.259. The van der Waals surface area contributed by atoms with Gasteiger partial charge in [0.15, 0.2) is 0 Å². The normalized spacial score (nSPS) is 26.0. The molecule has 3 heterocycles. The second-order valence-electron chi connectivity index (χ2n) is 5.58. The molecule has 0 aromatic carbocycles. The molecular weight excluding hydrogens is 287 g/mol. The molecule has 0 aromatic rings. The highest BCUT2D eigenvalue weighted by Gasteiger charge is 2.27. The van der Waals surface area contributed by atoms with Gasteiger partial charge in [0.1, 0.15) is 11.9 Å². The van der Waals surface area contributed by atoms with Crippen LogP contribution in [0.1, 0.15) is 19.3 Å². The number of rotatable bonds is 3. The second kappa shape index (κ2) is 6.31. The molecule has 1 atom stereocenters. The first kappa shape index (κ1) is 14.8. The van der Waals surface area contributed by atoms with Crippen molar-refractivity contribution in [1.29, 1.82) is 0 Å². The van der Waals surface area contributed by atoms with E-state index in [-0.39, 0.29) is 17.6 Å². The molecule has 0 aliphatic carbocycles. The number of halogens is 1. The summed E-state index contributed by atoms with van der Waals surface area (Å²) >= 11 is 0. The van der Waals surface area contributed by atoms with Crippen LogP contribution < -0.4 is 21.3 Å². The smallest absolute Gasteiger partial charge is 0.249 e.